The maximum atomic E-state index is 13.5. The van der Waals surface area contributed by atoms with Crippen molar-refractivity contribution in [2.24, 2.45) is 0 Å². The Labute approximate surface area is 190 Å². The maximum absolute atomic E-state index is 13.5. The Balaban J connectivity index is 1.59. The Morgan fingerprint density at radius 3 is 2.94 bits per heavy atom. The molecule has 3 aromatic heterocycles. The standard InChI is InChI=1S/C23H25N7O3/c1-15(2)29-14-24-27-22(29)18-5-4-6-21(26-18)30-23(31)17-12-19-20(11-16(17)13-25-30)33-10-8-28(19)7-9-32-3/h4-6,11-15H,7-10H2,1-3H3. The number of rotatable bonds is 6. The number of aromatic nitrogens is 6. The van der Waals surface area contributed by atoms with Crippen LogP contribution >= 0.6 is 0 Å². The first kappa shape index (κ1) is 21.1. The molecule has 0 saturated carbocycles. The number of pyridine rings is 1. The number of methoxy groups -OCH3 is 1. The molecule has 0 saturated heterocycles. The van der Waals surface area contributed by atoms with Crippen molar-refractivity contribution in [1.29, 1.82) is 0 Å². The zero-order chi connectivity index (χ0) is 22.9. The normalized spacial score (nSPS) is 13.4. The summed E-state index contributed by atoms with van der Waals surface area (Å²) in [6.45, 7) is 6.73. The summed E-state index contributed by atoms with van der Waals surface area (Å²) in [5.41, 5.74) is 1.26. The average molecular weight is 447 g/mol. The van der Waals surface area contributed by atoms with Gasteiger partial charge in [0.1, 0.15) is 24.4 Å². The van der Waals surface area contributed by atoms with E-state index < -0.39 is 0 Å². The van der Waals surface area contributed by atoms with Gasteiger partial charge in [0.25, 0.3) is 5.56 Å². The van der Waals surface area contributed by atoms with Gasteiger partial charge in [0, 0.05) is 25.1 Å². The molecule has 0 amide bonds. The summed E-state index contributed by atoms with van der Waals surface area (Å²) in [7, 11) is 1.68. The largest absolute Gasteiger partial charge is 0.490 e. The Bertz CT molecular complexity index is 1360. The van der Waals surface area contributed by atoms with Gasteiger partial charge in [0.15, 0.2) is 11.6 Å². The summed E-state index contributed by atoms with van der Waals surface area (Å²) in [5.74, 6) is 1.81. The molecule has 4 aromatic rings. The smallest absolute Gasteiger partial charge is 0.280 e. The number of ether oxygens (including phenoxy) is 2. The van der Waals surface area contributed by atoms with E-state index in [0.29, 0.717) is 35.9 Å². The molecular weight excluding hydrogens is 422 g/mol. The van der Waals surface area contributed by atoms with E-state index in [2.05, 4.69) is 25.2 Å². The van der Waals surface area contributed by atoms with E-state index in [0.717, 1.165) is 29.9 Å². The van der Waals surface area contributed by atoms with Crippen molar-refractivity contribution in [2.75, 3.05) is 38.3 Å². The van der Waals surface area contributed by atoms with Gasteiger partial charge in [-0.25, -0.2) is 4.98 Å². The maximum Gasteiger partial charge on any atom is 0.280 e. The molecule has 0 aliphatic carbocycles. The monoisotopic (exact) mass is 447 g/mol. The van der Waals surface area contributed by atoms with Crippen molar-refractivity contribution < 1.29 is 9.47 Å². The van der Waals surface area contributed by atoms with E-state index in [1.165, 1.54) is 4.68 Å². The van der Waals surface area contributed by atoms with Gasteiger partial charge in [0.05, 0.1) is 30.4 Å². The summed E-state index contributed by atoms with van der Waals surface area (Å²) < 4.78 is 14.3. The van der Waals surface area contributed by atoms with E-state index in [-0.39, 0.29) is 11.6 Å². The minimum atomic E-state index is -0.248. The lowest BCUT2D eigenvalue weighted by molar-refractivity contribution is 0.201. The number of hydrogen-bond acceptors (Lipinski definition) is 8. The highest BCUT2D eigenvalue weighted by Gasteiger charge is 2.21. The fourth-order valence-electron chi connectivity index (χ4n) is 3.98. The number of nitrogens with zero attached hydrogens (tertiary/aromatic N) is 7. The third kappa shape index (κ3) is 3.82. The number of fused-ring (bicyclic) bond motifs is 2. The summed E-state index contributed by atoms with van der Waals surface area (Å²) in [6.07, 6.45) is 3.34. The molecule has 1 aliphatic rings. The molecule has 0 bridgehead atoms. The Hall–Kier alpha value is -3.79. The second kappa shape index (κ2) is 8.62. The van der Waals surface area contributed by atoms with Crippen molar-refractivity contribution in [1.82, 2.24) is 29.5 Å². The predicted octanol–water partition coefficient (Wildman–Crippen LogP) is 2.47. The van der Waals surface area contributed by atoms with Gasteiger partial charge in [-0.3, -0.25) is 4.79 Å². The molecule has 10 heteroatoms. The van der Waals surface area contributed by atoms with Crippen LogP contribution in [0.5, 0.6) is 5.75 Å². The molecule has 5 rings (SSSR count). The van der Waals surface area contributed by atoms with Gasteiger partial charge in [-0.15, -0.1) is 10.2 Å². The minimum Gasteiger partial charge on any atom is -0.490 e. The molecule has 1 aromatic carbocycles. The molecule has 0 N–H and O–H groups in total. The molecule has 10 nitrogen and oxygen atoms in total. The number of anilines is 1. The van der Waals surface area contributed by atoms with Crippen LogP contribution in [0.2, 0.25) is 0 Å². The van der Waals surface area contributed by atoms with Crippen molar-refractivity contribution >= 4 is 16.5 Å². The van der Waals surface area contributed by atoms with E-state index >= 15 is 0 Å². The van der Waals surface area contributed by atoms with Crippen LogP contribution in [0, 0.1) is 0 Å². The lowest BCUT2D eigenvalue weighted by Gasteiger charge is -2.31. The summed E-state index contributed by atoms with van der Waals surface area (Å²) in [4.78, 5) is 20.3. The summed E-state index contributed by atoms with van der Waals surface area (Å²) in [5, 5.41) is 13.9. The lowest BCUT2D eigenvalue weighted by atomic mass is 10.1. The van der Waals surface area contributed by atoms with Crippen LogP contribution in [0.15, 0.2) is 47.7 Å². The van der Waals surface area contributed by atoms with Crippen LogP contribution in [0.1, 0.15) is 19.9 Å². The zero-order valence-electron chi connectivity index (χ0n) is 18.8. The predicted molar refractivity (Wildman–Crippen MR) is 124 cm³/mol. The van der Waals surface area contributed by atoms with Gasteiger partial charge >= 0.3 is 0 Å². The first-order valence-corrected chi connectivity index (χ1v) is 10.9. The van der Waals surface area contributed by atoms with Crippen molar-refractivity contribution in [3.05, 3.63) is 53.2 Å². The van der Waals surface area contributed by atoms with Gasteiger partial charge in [-0.2, -0.15) is 9.78 Å². The molecule has 170 valence electrons. The van der Waals surface area contributed by atoms with Gasteiger partial charge in [-0.1, -0.05) is 6.07 Å². The van der Waals surface area contributed by atoms with Gasteiger partial charge in [0.2, 0.25) is 0 Å². The Morgan fingerprint density at radius 2 is 2.12 bits per heavy atom. The first-order chi connectivity index (χ1) is 16.1. The highest BCUT2D eigenvalue weighted by atomic mass is 16.5. The number of benzene rings is 1. The SMILES string of the molecule is COCCN1CCOc2cc3cnn(-c4cccc(-c5nncn5C(C)C)n4)c(=O)c3cc21. The van der Waals surface area contributed by atoms with Crippen LogP contribution in [0.25, 0.3) is 28.1 Å². The van der Waals surface area contributed by atoms with Gasteiger partial charge in [-0.05, 0) is 38.1 Å². The van der Waals surface area contributed by atoms with E-state index in [1.807, 2.05) is 42.7 Å². The van der Waals surface area contributed by atoms with Crippen molar-refractivity contribution in [3.63, 3.8) is 0 Å². The Morgan fingerprint density at radius 1 is 1.24 bits per heavy atom. The van der Waals surface area contributed by atoms with Crippen LogP contribution in [0.3, 0.4) is 0 Å². The van der Waals surface area contributed by atoms with Crippen LogP contribution < -0.4 is 15.2 Å². The van der Waals surface area contributed by atoms with Crippen LogP contribution in [-0.4, -0.2) is 62.9 Å². The third-order valence-electron chi connectivity index (χ3n) is 5.70. The van der Waals surface area contributed by atoms with Crippen LogP contribution in [-0.2, 0) is 4.74 Å². The molecule has 0 radical (unpaired) electrons. The molecule has 0 atom stereocenters. The highest BCUT2D eigenvalue weighted by Crippen LogP contribution is 2.34. The lowest BCUT2D eigenvalue weighted by Crippen LogP contribution is -2.35. The fraction of sp³-hybridized carbons (Fsp3) is 0.348. The number of hydrogen-bond donors (Lipinski definition) is 0. The van der Waals surface area contributed by atoms with Crippen LogP contribution in [0.4, 0.5) is 5.69 Å². The summed E-state index contributed by atoms with van der Waals surface area (Å²) in [6, 6.07) is 9.36. The molecule has 0 fully saturated rings. The highest BCUT2D eigenvalue weighted by molar-refractivity contribution is 5.88. The quantitative estimate of drug-likeness (QED) is 0.444. The average Bonchev–Trinajstić information content (AvgIpc) is 3.33. The van der Waals surface area contributed by atoms with Crippen molar-refractivity contribution in [3.8, 4) is 23.1 Å². The first-order valence-electron chi connectivity index (χ1n) is 10.9. The topological polar surface area (TPSA) is 100 Å². The molecular formula is C23H25N7O3. The van der Waals surface area contributed by atoms with E-state index in [1.54, 1.807) is 25.7 Å². The third-order valence-corrected chi connectivity index (χ3v) is 5.70. The van der Waals surface area contributed by atoms with E-state index in [4.69, 9.17) is 9.47 Å². The Kier molecular flexibility index (Phi) is 5.51. The summed E-state index contributed by atoms with van der Waals surface area (Å²) >= 11 is 0. The minimum absolute atomic E-state index is 0.177. The molecule has 0 unspecified atom stereocenters. The molecule has 1 aliphatic heterocycles. The fourth-order valence-corrected chi connectivity index (χ4v) is 3.98. The second-order valence-corrected chi connectivity index (χ2v) is 8.13. The molecule has 33 heavy (non-hydrogen) atoms. The zero-order valence-corrected chi connectivity index (χ0v) is 18.8. The van der Waals surface area contributed by atoms with Gasteiger partial charge < -0.3 is 18.9 Å². The molecule has 0 spiro atoms. The van der Waals surface area contributed by atoms with Crippen molar-refractivity contribution in [2.45, 2.75) is 19.9 Å². The molecule has 4 heterocycles. The second-order valence-electron chi connectivity index (χ2n) is 8.13. The van der Waals surface area contributed by atoms with E-state index in [9.17, 15) is 4.79 Å².